The van der Waals surface area contributed by atoms with Gasteiger partial charge in [-0.3, -0.25) is 4.99 Å². The van der Waals surface area contributed by atoms with E-state index in [-0.39, 0.29) is 17.2 Å². The molecule has 1 aliphatic rings. The third kappa shape index (κ3) is 3.75. The van der Waals surface area contributed by atoms with Crippen LogP contribution < -0.4 is 10.5 Å². The van der Waals surface area contributed by atoms with E-state index in [9.17, 15) is 4.21 Å². The molecule has 0 aliphatic carbocycles. The molecule has 11 heteroatoms. The molecule has 0 radical (unpaired) electrons. The van der Waals surface area contributed by atoms with E-state index >= 15 is 4.39 Å². The first-order valence-electron chi connectivity index (χ1n) is 11.4. The Balaban J connectivity index is 1.78. The Labute approximate surface area is 195 Å². The molecule has 0 fully saturated rings. The van der Waals surface area contributed by atoms with Gasteiger partial charge in [-0.05, 0) is 39.0 Å². The topological polar surface area (TPSA) is 129 Å². The van der Waals surface area contributed by atoms with Crippen LogP contribution in [0.5, 0.6) is 5.88 Å². The van der Waals surface area contributed by atoms with Crippen LogP contribution in [0.1, 0.15) is 30.4 Å². The number of aromatic nitrogens is 3. The summed E-state index contributed by atoms with van der Waals surface area (Å²) in [5.41, 5.74) is 6.08. The number of hydrogen-bond donors (Lipinski definition) is 1. The number of aliphatic imine (C=N–C) groups is 1. The molecule has 9 nitrogen and oxygen atoms in total. The first kappa shape index (κ1) is 19.2. The minimum Gasteiger partial charge on any atom is -0.480 e. The number of hydrogen-bond acceptors (Lipinski definition) is 9. The molecule has 0 saturated heterocycles. The van der Waals surface area contributed by atoms with Crippen LogP contribution in [0.4, 0.5) is 4.39 Å². The van der Waals surface area contributed by atoms with Crippen molar-refractivity contribution < 1.29 is 22.0 Å². The quantitative estimate of drug-likeness (QED) is 0.612. The van der Waals surface area contributed by atoms with E-state index < -0.39 is 32.8 Å². The fourth-order valence-corrected chi connectivity index (χ4v) is 5.63. The monoisotopic (exact) mass is 475 g/mol. The predicted molar refractivity (Wildman–Crippen MR) is 124 cm³/mol. The zero-order valence-electron chi connectivity index (χ0n) is 21.5. The second-order valence-electron chi connectivity index (χ2n) is 8.37. The molecule has 2 atom stereocenters. The first-order valence-corrected chi connectivity index (χ1v) is 11.6. The highest BCUT2D eigenvalue weighted by molar-refractivity contribution is 7.95. The van der Waals surface area contributed by atoms with Crippen molar-refractivity contribution in [1.29, 1.82) is 0 Å². The Bertz CT molecular complexity index is 1460. The Morgan fingerprint density at radius 1 is 1.24 bits per heavy atom. The van der Waals surface area contributed by atoms with E-state index in [1.807, 2.05) is 0 Å². The molecule has 0 amide bonds. The predicted octanol–water partition coefficient (Wildman–Crippen LogP) is 3.41. The Morgan fingerprint density at radius 2 is 2.03 bits per heavy atom. The summed E-state index contributed by atoms with van der Waals surface area (Å²) in [6, 6.07) is 5.82. The zero-order chi connectivity index (χ0) is 26.5. The van der Waals surface area contributed by atoms with Gasteiger partial charge in [-0.1, -0.05) is 5.16 Å². The summed E-state index contributed by atoms with van der Waals surface area (Å²) < 4.78 is 64.5. The van der Waals surface area contributed by atoms with Crippen molar-refractivity contribution in [1.82, 2.24) is 15.1 Å². The van der Waals surface area contributed by atoms with E-state index in [2.05, 4.69) is 24.5 Å². The molecule has 0 unspecified atom stereocenters. The molecule has 0 bridgehead atoms. The second-order valence-corrected chi connectivity index (χ2v) is 11.1. The number of rotatable bonds is 4. The molecular weight excluding hydrogens is 447 g/mol. The minimum absolute atomic E-state index is 0.0640. The van der Waals surface area contributed by atoms with E-state index in [1.54, 1.807) is 13.0 Å². The molecule has 3 aromatic rings. The lowest BCUT2D eigenvalue weighted by atomic mass is 9.91. The van der Waals surface area contributed by atoms with Crippen molar-refractivity contribution in [3.05, 3.63) is 48.0 Å². The second kappa shape index (κ2) is 7.91. The standard InChI is InChI=1S/C22H25FN6O3S/c1-21(2)20(24)28-22(3,12-33(21,30)25-4)14-8-13(6-7-15(14)23)18-9-16(29-32-18)17-10-27-19(31-5)11-26-17/h6-11H,12H2,1-5H3,(H2,24,28)/t22-,33+/m0/s1/i4D3. The van der Waals surface area contributed by atoms with Crippen LogP contribution in [0.3, 0.4) is 0 Å². The van der Waals surface area contributed by atoms with Crippen LogP contribution in [0.25, 0.3) is 22.7 Å². The van der Waals surface area contributed by atoms with Gasteiger partial charge >= 0.3 is 0 Å². The van der Waals surface area contributed by atoms with Crippen LogP contribution in [0, 0.1) is 5.82 Å². The van der Waals surface area contributed by atoms with Crippen molar-refractivity contribution in [3.63, 3.8) is 0 Å². The Kier molecular flexibility index (Phi) is 4.59. The van der Waals surface area contributed by atoms with Gasteiger partial charge in [0.15, 0.2) is 5.76 Å². The largest absolute Gasteiger partial charge is 0.480 e. The van der Waals surface area contributed by atoms with E-state index in [0.29, 0.717) is 28.6 Å². The van der Waals surface area contributed by atoms with Gasteiger partial charge in [0, 0.05) is 28.3 Å². The smallest absolute Gasteiger partial charge is 0.232 e. The fourth-order valence-electron chi connectivity index (χ4n) is 3.62. The first-order chi connectivity index (χ1) is 16.7. The maximum absolute atomic E-state index is 15.1. The fraction of sp³-hybridized carbons (Fsp3) is 0.364. The summed E-state index contributed by atoms with van der Waals surface area (Å²) in [6.07, 6.45) is 2.92. The van der Waals surface area contributed by atoms with E-state index in [1.165, 1.54) is 51.6 Å². The number of ether oxygens (including phenoxy) is 1. The van der Waals surface area contributed by atoms with Gasteiger partial charge in [0.2, 0.25) is 5.88 Å². The molecular formula is C22H25FN6O3S. The van der Waals surface area contributed by atoms with Gasteiger partial charge in [-0.2, -0.15) is 0 Å². The molecule has 174 valence electrons. The number of amidine groups is 1. The van der Waals surface area contributed by atoms with Crippen LogP contribution in [-0.4, -0.2) is 49.8 Å². The Hall–Kier alpha value is -3.34. The summed E-state index contributed by atoms with van der Waals surface area (Å²) in [7, 11) is -2.01. The highest BCUT2D eigenvalue weighted by Gasteiger charge is 2.47. The lowest BCUT2D eigenvalue weighted by molar-refractivity contribution is 0.395. The van der Waals surface area contributed by atoms with Gasteiger partial charge in [-0.25, -0.2) is 22.9 Å². The summed E-state index contributed by atoms with van der Waals surface area (Å²) in [5.74, 6) is -0.382. The van der Waals surface area contributed by atoms with Crippen molar-refractivity contribution in [2.45, 2.75) is 31.1 Å². The average Bonchev–Trinajstić information content (AvgIpc) is 3.27. The SMILES string of the molecule is [2H]C([2H])([2H])N=[S@@]1(=O)C[C@@](C)(c2cc(-c3cc(-c4cnc(OC)cn4)no3)ccc2F)N=C(N)C1(C)C. The van der Waals surface area contributed by atoms with Gasteiger partial charge in [-0.15, -0.1) is 0 Å². The molecule has 0 spiro atoms. The number of nitrogens with two attached hydrogens (primary N) is 1. The van der Waals surface area contributed by atoms with Crippen LogP contribution in [-0.2, 0) is 15.3 Å². The van der Waals surface area contributed by atoms with Gasteiger partial charge in [0.05, 0.1) is 35.0 Å². The van der Waals surface area contributed by atoms with Gasteiger partial charge in [0.1, 0.15) is 33.3 Å². The number of benzene rings is 1. The normalized spacial score (nSPS) is 26.0. The van der Waals surface area contributed by atoms with E-state index in [4.69, 9.17) is 19.1 Å². The van der Waals surface area contributed by atoms with Crippen molar-refractivity contribution >= 4 is 15.6 Å². The number of nitrogens with zero attached hydrogens (tertiary/aromatic N) is 5. The maximum atomic E-state index is 15.1. The lowest BCUT2D eigenvalue weighted by Gasteiger charge is -2.40. The summed E-state index contributed by atoms with van der Waals surface area (Å²) >= 11 is 0. The summed E-state index contributed by atoms with van der Waals surface area (Å²) in [4.78, 5) is 12.8. The summed E-state index contributed by atoms with van der Waals surface area (Å²) in [6.45, 7) is 1.76. The molecule has 1 aliphatic heterocycles. The number of methoxy groups -OCH3 is 1. The third-order valence-electron chi connectivity index (χ3n) is 5.85. The molecule has 4 rings (SSSR count). The molecule has 2 aromatic heterocycles. The lowest BCUT2D eigenvalue weighted by Crippen LogP contribution is -2.54. The van der Waals surface area contributed by atoms with Gasteiger partial charge in [0.25, 0.3) is 0 Å². The molecule has 0 saturated carbocycles. The molecule has 33 heavy (non-hydrogen) atoms. The van der Waals surface area contributed by atoms with Crippen LogP contribution >= 0.6 is 0 Å². The third-order valence-corrected chi connectivity index (χ3v) is 8.90. The average molecular weight is 476 g/mol. The summed E-state index contributed by atoms with van der Waals surface area (Å²) in [5, 5.41) is 4.01. The zero-order valence-corrected chi connectivity index (χ0v) is 19.3. The van der Waals surface area contributed by atoms with Crippen LogP contribution in [0.15, 0.2) is 50.5 Å². The minimum atomic E-state index is -3.48. The number of halogens is 1. The van der Waals surface area contributed by atoms with Crippen molar-refractivity contribution in [2.75, 3.05) is 19.8 Å². The van der Waals surface area contributed by atoms with Crippen molar-refractivity contribution in [3.8, 4) is 28.6 Å². The molecule has 2 N–H and O–H groups in total. The molecule has 3 heterocycles. The highest BCUT2D eigenvalue weighted by Crippen LogP contribution is 2.40. The maximum Gasteiger partial charge on any atom is 0.232 e. The Morgan fingerprint density at radius 3 is 2.70 bits per heavy atom. The van der Waals surface area contributed by atoms with Gasteiger partial charge < -0.3 is 15.0 Å². The molecule has 1 aromatic carbocycles. The van der Waals surface area contributed by atoms with Crippen molar-refractivity contribution in [2.24, 2.45) is 15.1 Å². The van der Waals surface area contributed by atoms with Crippen LogP contribution in [0.2, 0.25) is 0 Å². The highest BCUT2D eigenvalue weighted by atomic mass is 32.2. The van der Waals surface area contributed by atoms with E-state index in [0.717, 1.165) is 0 Å².